The first-order valence-electron chi connectivity index (χ1n) is 5.37. The molecule has 0 aliphatic heterocycles. The van der Waals surface area contributed by atoms with Crippen molar-refractivity contribution in [1.82, 2.24) is 10.2 Å². The van der Waals surface area contributed by atoms with Crippen LogP contribution in [0.4, 0.5) is 10.2 Å². The van der Waals surface area contributed by atoms with Crippen molar-refractivity contribution in [3.63, 3.8) is 0 Å². The van der Waals surface area contributed by atoms with E-state index in [4.69, 9.17) is 5.73 Å². The van der Waals surface area contributed by atoms with Gasteiger partial charge in [0.2, 0.25) is 0 Å². The van der Waals surface area contributed by atoms with Crippen LogP contribution in [0.2, 0.25) is 0 Å². The molecule has 1 aromatic carbocycles. The van der Waals surface area contributed by atoms with E-state index in [-0.39, 0.29) is 11.5 Å². The van der Waals surface area contributed by atoms with E-state index in [2.05, 4.69) is 31.4 Å². The van der Waals surface area contributed by atoms with Crippen LogP contribution in [0, 0.1) is 5.82 Å². The van der Waals surface area contributed by atoms with Crippen molar-refractivity contribution in [2.45, 2.75) is 6.54 Å². The number of carbonyl (C=O) groups excluding carboxylic acids is 1. The van der Waals surface area contributed by atoms with Gasteiger partial charge in [-0.15, -0.1) is 10.2 Å². The molecule has 0 saturated heterocycles. The summed E-state index contributed by atoms with van der Waals surface area (Å²) in [5.74, 6) is -0.469. The van der Waals surface area contributed by atoms with Crippen molar-refractivity contribution < 1.29 is 9.18 Å². The highest BCUT2D eigenvalue weighted by atomic mass is 79.9. The van der Waals surface area contributed by atoms with E-state index in [1.54, 1.807) is 12.1 Å². The van der Waals surface area contributed by atoms with Gasteiger partial charge in [-0.3, -0.25) is 4.79 Å². The lowest BCUT2D eigenvalue weighted by Gasteiger charge is -2.07. The van der Waals surface area contributed by atoms with E-state index in [9.17, 15) is 9.18 Å². The molecule has 2 aromatic rings. The van der Waals surface area contributed by atoms with Gasteiger partial charge in [-0.25, -0.2) is 4.39 Å². The van der Waals surface area contributed by atoms with Gasteiger partial charge in [0.1, 0.15) is 11.6 Å². The number of hydrogen-bond acceptors (Lipinski definition) is 4. The van der Waals surface area contributed by atoms with Crippen LogP contribution in [0.3, 0.4) is 0 Å². The topological polar surface area (TPSA) is 80.9 Å². The van der Waals surface area contributed by atoms with Crippen molar-refractivity contribution in [3.8, 4) is 0 Å². The molecule has 1 heterocycles. The number of rotatable bonds is 4. The maximum atomic E-state index is 13.1. The molecular formula is C12H10BrFN4O. The molecule has 98 valence electrons. The van der Waals surface area contributed by atoms with E-state index in [0.717, 1.165) is 10.0 Å². The van der Waals surface area contributed by atoms with Gasteiger partial charge in [-0.1, -0.05) is 15.9 Å². The molecule has 7 heteroatoms. The SMILES string of the molecule is NC(=O)c1ccc(NCc2cc(F)ccc2Br)nn1. The van der Waals surface area contributed by atoms with Crippen molar-refractivity contribution in [2.24, 2.45) is 5.73 Å². The smallest absolute Gasteiger partial charge is 0.269 e. The zero-order valence-corrected chi connectivity index (χ0v) is 11.3. The number of amides is 1. The van der Waals surface area contributed by atoms with Gasteiger partial charge in [0.05, 0.1) is 0 Å². The minimum Gasteiger partial charge on any atom is -0.364 e. The molecule has 0 spiro atoms. The molecule has 0 fully saturated rings. The van der Waals surface area contributed by atoms with E-state index in [1.807, 2.05) is 0 Å². The second-order valence-corrected chi connectivity index (χ2v) is 4.61. The highest BCUT2D eigenvalue weighted by Crippen LogP contribution is 2.18. The van der Waals surface area contributed by atoms with Crippen LogP contribution in [-0.2, 0) is 6.54 Å². The van der Waals surface area contributed by atoms with E-state index < -0.39 is 5.91 Å². The lowest BCUT2D eigenvalue weighted by Crippen LogP contribution is -2.14. The molecule has 0 atom stereocenters. The van der Waals surface area contributed by atoms with Crippen LogP contribution in [-0.4, -0.2) is 16.1 Å². The predicted octanol–water partition coefficient (Wildman–Crippen LogP) is 2.09. The normalized spacial score (nSPS) is 10.2. The Morgan fingerprint density at radius 1 is 1.32 bits per heavy atom. The number of hydrogen-bond donors (Lipinski definition) is 2. The highest BCUT2D eigenvalue weighted by molar-refractivity contribution is 9.10. The fraction of sp³-hybridized carbons (Fsp3) is 0.0833. The minimum atomic E-state index is -0.632. The summed E-state index contributed by atoms with van der Waals surface area (Å²) in [6.07, 6.45) is 0. The molecule has 3 N–H and O–H groups in total. The second kappa shape index (κ2) is 5.75. The minimum absolute atomic E-state index is 0.0949. The average Bonchev–Trinajstić information content (AvgIpc) is 2.40. The molecule has 5 nitrogen and oxygen atoms in total. The van der Waals surface area contributed by atoms with E-state index >= 15 is 0 Å². The summed E-state index contributed by atoms with van der Waals surface area (Å²) >= 11 is 3.33. The first-order chi connectivity index (χ1) is 9.06. The van der Waals surface area contributed by atoms with Crippen LogP contribution in [0.25, 0.3) is 0 Å². The number of carbonyl (C=O) groups is 1. The summed E-state index contributed by atoms with van der Waals surface area (Å²) in [6.45, 7) is 0.378. The van der Waals surface area contributed by atoms with E-state index in [1.165, 1.54) is 18.2 Å². The third-order valence-electron chi connectivity index (χ3n) is 2.38. The largest absolute Gasteiger partial charge is 0.364 e. The average molecular weight is 325 g/mol. The Labute approximate surface area is 117 Å². The molecule has 0 aliphatic rings. The Morgan fingerprint density at radius 2 is 2.11 bits per heavy atom. The third-order valence-corrected chi connectivity index (χ3v) is 3.16. The molecule has 2 rings (SSSR count). The van der Waals surface area contributed by atoms with Crippen LogP contribution in [0.5, 0.6) is 0 Å². The van der Waals surface area contributed by atoms with Crippen LogP contribution < -0.4 is 11.1 Å². The number of aromatic nitrogens is 2. The van der Waals surface area contributed by atoms with Crippen molar-refractivity contribution in [3.05, 3.63) is 51.9 Å². The number of nitrogens with one attached hydrogen (secondary N) is 1. The number of benzene rings is 1. The van der Waals surface area contributed by atoms with Gasteiger partial charge in [0.25, 0.3) is 5.91 Å². The van der Waals surface area contributed by atoms with Crippen LogP contribution in [0.15, 0.2) is 34.8 Å². The van der Waals surface area contributed by atoms with Crippen molar-refractivity contribution in [1.29, 1.82) is 0 Å². The zero-order valence-electron chi connectivity index (χ0n) is 9.73. The summed E-state index contributed by atoms with van der Waals surface area (Å²) in [4.78, 5) is 10.8. The van der Waals surface area contributed by atoms with E-state index in [0.29, 0.717) is 12.4 Å². The first kappa shape index (κ1) is 13.4. The summed E-state index contributed by atoms with van der Waals surface area (Å²) in [5.41, 5.74) is 5.90. The number of nitrogens with zero attached hydrogens (tertiary/aromatic N) is 2. The Morgan fingerprint density at radius 3 is 2.74 bits per heavy atom. The first-order valence-corrected chi connectivity index (χ1v) is 6.17. The van der Waals surface area contributed by atoms with Crippen molar-refractivity contribution in [2.75, 3.05) is 5.32 Å². The number of halogens is 2. The zero-order chi connectivity index (χ0) is 13.8. The van der Waals surface area contributed by atoms with Gasteiger partial charge in [0, 0.05) is 11.0 Å². The summed E-state index contributed by atoms with van der Waals surface area (Å²) in [5, 5.41) is 10.4. The summed E-state index contributed by atoms with van der Waals surface area (Å²) < 4.78 is 13.9. The fourth-order valence-corrected chi connectivity index (χ4v) is 1.81. The molecule has 0 radical (unpaired) electrons. The molecule has 0 aliphatic carbocycles. The molecule has 0 bridgehead atoms. The van der Waals surface area contributed by atoms with Gasteiger partial charge in [-0.2, -0.15) is 0 Å². The molecule has 0 unspecified atom stereocenters. The lowest BCUT2D eigenvalue weighted by molar-refractivity contribution is 0.0994. The third kappa shape index (κ3) is 3.47. The van der Waals surface area contributed by atoms with Gasteiger partial charge in [0.15, 0.2) is 5.69 Å². The fourth-order valence-electron chi connectivity index (χ4n) is 1.42. The van der Waals surface area contributed by atoms with Gasteiger partial charge in [-0.05, 0) is 35.9 Å². The van der Waals surface area contributed by atoms with Crippen molar-refractivity contribution >= 4 is 27.7 Å². The standard InChI is InChI=1S/C12H10BrFN4O/c13-9-2-1-8(14)5-7(9)6-16-11-4-3-10(12(15)19)17-18-11/h1-5H,6H2,(H2,15,19)(H,16,18). The van der Waals surface area contributed by atoms with Gasteiger partial charge < -0.3 is 11.1 Å². The molecule has 0 saturated carbocycles. The maximum Gasteiger partial charge on any atom is 0.269 e. The quantitative estimate of drug-likeness (QED) is 0.902. The molecule has 1 aromatic heterocycles. The van der Waals surface area contributed by atoms with Gasteiger partial charge >= 0.3 is 0 Å². The number of nitrogens with two attached hydrogens (primary N) is 1. The molecular weight excluding hydrogens is 315 g/mol. The Balaban J connectivity index is 2.06. The maximum absolute atomic E-state index is 13.1. The summed E-state index contributed by atoms with van der Waals surface area (Å²) in [6, 6.07) is 7.48. The number of primary amides is 1. The molecule has 19 heavy (non-hydrogen) atoms. The van der Waals surface area contributed by atoms with Crippen LogP contribution >= 0.6 is 15.9 Å². The Hall–Kier alpha value is -2.02. The highest BCUT2D eigenvalue weighted by Gasteiger charge is 2.05. The second-order valence-electron chi connectivity index (χ2n) is 3.76. The Kier molecular flexibility index (Phi) is 4.06. The monoisotopic (exact) mass is 324 g/mol. The van der Waals surface area contributed by atoms with Crippen LogP contribution in [0.1, 0.15) is 16.1 Å². The lowest BCUT2D eigenvalue weighted by atomic mass is 10.2. The Bertz CT molecular complexity index is 603. The molecule has 1 amide bonds. The summed E-state index contributed by atoms with van der Waals surface area (Å²) in [7, 11) is 0. The predicted molar refractivity (Wildman–Crippen MR) is 72.0 cm³/mol. The number of anilines is 1.